The van der Waals surface area contributed by atoms with Crippen molar-refractivity contribution in [2.75, 3.05) is 16.4 Å². The van der Waals surface area contributed by atoms with Crippen LogP contribution in [0.15, 0.2) is 85.1 Å². The van der Waals surface area contributed by atoms with Crippen LogP contribution in [0.3, 0.4) is 0 Å². The minimum absolute atomic E-state index is 0.409. The van der Waals surface area contributed by atoms with Crippen molar-refractivity contribution in [1.29, 1.82) is 0 Å². The number of para-hydroxylation sites is 1. The van der Waals surface area contributed by atoms with Crippen molar-refractivity contribution >= 4 is 45.7 Å². The zero-order chi connectivity index (χ0) is 22.6. The number of nitrogens with zero attached hydrogens (tertiary/aromatic N) is 5. The highest BCUT2D eigenvalue weighted by Gasteiger charge is 2.12. The number of rotatable bonds is 5. The maximum Gasteiger partial charge on any atom is 0.176 e. The van der Waals surface area contributed by atoms with Gasteiger partial charge in [-0.25, -0.2) is 9.67 Å². The molecule has 5 rings (SSSR count). The molecule has 0 fully saturated rings. The first-order valence-electron chi connectivity index (χ1n) is 10.3. The number of aromatic nitrogens is 5. The predicted octanol–water partition coefficient (Wildman–Crippen LogP) is 4.33. The Hall–Kier alpha value is -4.37. The standard InChI is InChI=1S/C24H20N8S/c25-22-18-10-6-14-26-23(18)32(31-22)15-17-9-4-5-11-19(17)27-24(33)28-21-13-12-20(29-30-21)16-7-2-1-3-8-16/h1-14H,15H2,(H2,25,31)(H2,27,28,30,33). The lowest BCUT2D eigenvalue weighted by molar-refractivity contribution is 0.709. The second-order valence-corrected chi connectivity index (χ2v) is 7.73. The van der Waals surface area contributed by atoms with Crippen LogP contribution in [0.4, 0.5) is 17.3 Å². The number of anilines is 3. The van der Waals surface area contributed by atoms with E-state index < -0.39 is 0 Å². The fraction of sp³-hybridized carbons (Fsp3) is 0.0417. The summed E-state index contributed by atoms with van der Waals surface area (Å²) in [4.78, 5) is 4.42. The van der Waals surface area contributed by atoms with Gasteiger partial charge >= 0.3 is 0 Å². The molecule has 8 nitrogen and oxygen atoms in total. The van der Waals surface area contributed by atoms with Crippen LogP contribution in [0.5, 0.6) is 0 Å². The summed E-state index contributed by atoms with van der Waals surface area (Å²) in [5, 5.41) is 20.5. The largest absolute Gasteiger partial charge is 0.382 e. The van der Waals surface area contributed by atoms with Crippen molar-refractivity contribution < 1.29 is 0 Å². The van der Waals surface area contributed by atoms with Gasteiger partial charge in [0.2, 0.25) is 0 Å². The van der Waals surface area contributed by atoms with Gasteiger partial charge in [0.25, 0.3) is 0 Å². The number of pyridine rings is 1. The molecule has 9 heteroatoms. The van der Waals surface area contributed by atoms with Crippen molar-refractivity contribution in [1.82, 2.24) is 25.0 Å². The number of hydrogen-bond acceptors (Lipinski definition) is 6. The Balaban J connectivity index is 1.30. The third-order valence-corrected chi connectivity index (χ3v) is 5.30. The van der Waals surface area contributed by atoms with Crippen LogP contribution >= 0.6 is 12.2 Å². The number of thiocarbonyl (C=S) groups is 1. The van der Waals surface area contributed by atoms with Crippen molar-refractivity contribution in [2.45, 2.75) is 6.54 Å². The number of nitrogen functional groups attached to an aromatic ring is 1. The molecule has 0 bridgehead atoms. The van der Waals surface area contributed by atoms with Gasteiger partial charge in [0, 0.05) is 17.4 Å². The highest BCUT2D eigenvalue weighted by atomic mass is 32.1. The van der Waals surface area contributed by atoms with Crippen LogP contribution in [0.25, 0.3) is 22.3 Å². The number of nitrogens with one attached hydrogen (secondary N) is 2. The highest BCUT2D eigenvalue weighted by molar-refractivity contribution is 7.80. The van der Waals surface area contributed by atoms with Gasteiger partial charge in [-0.2, -0.15) is 5.10 Å². The third kappa shape index (κ3) is 4.48. The van der Waals surface area contributed by atoms with Crippen molar-refractivity contribution in [3.8, 4) is 11.3 Å². The van der Waals surface area contributed by atoms with Crippen molar-refractivity contribution in [2.24, 2.45) is 0 Å². The average Bonchev–Trinajstić information content (AvgIpc) is 3.17. The third-order valence-electron chi connectivity index (χ3n) is 5.10. The minimum atomic E-state index is 0.409. The smallest absolute Gasteiger partial charge is 0.176 e. The molecule has 0 saturated heterocycles. The van der Waals surface area contributed by atoms with E-state index in [-0.39, 0.29) is 0 Å². The topological polar surface area (TPSA) is 107 Å². The first kappa shape index (κ1) is 20.5. The fourth-order valence-corrected chi connectivity index (χ4v) is 3.73. The van der Waals surface area contributed by atoms with Crippen LogP contribution in [-0.4, -0.2) is 30.1 Å². The summed E-state index contributed by atoms with van der Waals surface area (Å²) in [7, 11) is 0. The monoisotopic (exact) mass is 452 g/mol. The molecule has 0 amide bonds. The van der Waals surface area contributed by atoms with Crippen LogP contribution < -0.4 is 16.4 Å². The molecular formula is C24H20N8S. The lowest BCUT2D eigenvalue weighted by atomic mass is 10.1. The van der Waals surface area contributed by atoms with Crippen LogP contribution in [0, 0.1) is 0 Å². The molecule has 0 atom stereocenters. The zero-order valence-corrected chi connectivity index (χ0v) is 18.3. The number of benzene rings is 2. The van der Waals surface area contributed by atoms with Gasteiger partial charge in [-0.3, -0.25) is 0 Å². The molecule has 5 aromatic rings. The van der Waals surface area contributed by atoms with Crippen molar-refractivity contribution in [3.05, 3.63) is 90.6 Å². The zero-order valence-electron chi connectivity index (χ0n) is 17.5. The van der Waals surface area contributed by atoms with Gasteiger partial charge < -0.3 is 16.4 Å². The van der Waals surface area contributed by atoms with Gasteiger partial charge in [-0.05, 0) is 48.1 Å². The summed E-state index contributed by atoms with van der Waals surface area (Å²) in [6.45, 7) is 0.488. The summed E-state index contributed by atoms with van der Waals surface area (Å²) in [6, 6.07) is 25.3. The van der Waals surface area contributed by atoms with E-state index in [9.17, 15) is 0 Å². The number of nitrogens with two attached hydrogens (primary N) is 1. The fourth-order valence-electron chi connectivity index (χ4n) is 3.52. The van der Waals surface area contributed by atoms with Gasteiger partial charge in [0.15, 0.2) is 22.4 Å². The van der Waals surface area contributed by atoms with Gasteiger partial charge in [-0.15, -0.1) is 10.2 Å². The van der Waals surface area contributed by atoms with Crippen LogP contribution in [0.2, 0.25) is 0 Å². The average molecular weight is 453 g/mol. The summed E-state index contributed by atoms with van der Waals surface area (Å²) in [5.74, 6) is 1.01. The number of hydrogen-bond donors (Lipinski definition) is 3. The molecule has 0 saturated carbocycles. The Labute approximate surface area is 195 Å². The Morgan fingerprint density at radius 1 is 0.879 bits per heavy atom. The first-order valence-corrected chi connectivity index (χ1v) is 10.7. The van der Waals surface area contributed by atoms with E-state index in [2.05, 4.69) is 30.9 Å². The van der Waals surface area contributed by atoms with Crippen LogP contribution in [0.1, 0.15) is 5.56 Å². The SMILES string of the molecule is Nc1nn(Cc2ccccc2NC(=S)Nc2ccc(-c3ccccc3)nn2)c2ncccc12. The molecule has 3 aromatic heterocycles. The van der Waals surface area contributed by atoms with E-state index in [0.717, 1.165) is 33.5 Å². The highest BCUT2D eigenvalue weighted by Crippen LogP contribution is 2.22. The van der Waals surface area contributed by atoms with Gasteiger partial charge in [-0.1, -0.05) is 48.5 Å². The lowest BCUT2D eigenvalue weighted by Crippen LogP contribution is -2.21. The molecule has 0 unspecified atom stereocenters. The summed E-state index contributed by atoms with van der Waals surface area (Å²) < 4.78 is 1.79. The van der Waals surface area contributed by atoms with E-state index >= 15 is 0 Å². The Morgan fingerprint density at radius 3 is 2.52 bits per heavy atom. The molecule has 0 aliphatic rings. The lowest BCUT2D eigenvalue weighted by Gasteiger charge is -2.14. The molecular weight excluding hydrogens is 432 g/mol. The van der Waals surface area contributed by atoms with E-state index in [4.69, 9.17) is 18.0 Å². The van der Waals surface area contributed by atoms with Gasteiger partial charge in [0.1, 0.15) is 0 Å². The molecule has 4 N–H and O–H groups in total. The molecule has 0 spiro atoms. The molecule has 0 radical (unpaired) electrons. The first-order chi connectivity index (χ1) is 16.2. The summed E-state index contributed by atoms with van der Waals surface area (Å²) in [6.07, 6.45) is 1.73. The normalized spacial score (nSPS) is 10.8. The van der Waals surface area contributed by atoms with Crippen molar-refractivity contribution in [3.63, 3.8) is 0 Å². The van der Waals surface area contributed by atoms with E-state index in [1.54, 1.807) is 10.9 Å². The van der Waals surface area contributed by atoms with E-state index in [1.807, 2.05) is 78.9 Å². The maximum absolute atomic E-state index is 6.05. The Bertz CT molecular complexity index is 1410. The maximum atomic E-state index is 6.05. The van der Waals surface area contributed by atoms with Gasteiger partial charge in [0.05, 0.1) is 17.6 Å². The molecule has 33 heavy (non-hydrogen) atoms. The quantitative estimate of drug-likeness (QED) is 0.338. The van der Waals surface area contributed by atoms with E-state index in [1.165, 1.54) is 0 Å². The molecule has 162 valence electrons. The summed E-state index contributed by atoms with van der Waals surface area (Å²) >= 11 is 5.50. The molecule has 0 aliphatic heterocycles. The molecule has 3 heterocycles. The molecule has 2 aromatic carbocycles. The van der Waals surface area contributed by atoms with E-state index in [0.29, 0.717) is 23.3 Å². The minimum Gasteiger partial charge on any atom is -0.382 e. The number of fused-ring (bicyclic) bond motifs is 1. The van der Waals surface area contributed by atoms with Crippen LogP contribution in [-0.2, 0) is 6.54 Å². The second kappa shape index (κ2) is 9.01. The Morgan fingerprint density at radius 2 is 1.70 bits per heavy atom. The second-order valence-electron chi connectivity index (χ2n) is 7.32. The molecule has 0 aliphatic carbocycles. The summed E-state index contributed by atoms with van der Waals surface area (Å²) in [5.41, 5.74) is 10.4. The Kier molecular flexibility index (Phi) is 5.61. The predicted molar refractivity (Wildman–Crippen MR) is 135 cm³/mol.